The van der Waals surface area contributed by atoms with Gasteiger partial charge in [-0.1, -0.05) is 31.4 Å². The lowest BCUT2D eigenvalue weighted by molar-refractivity contribution is -0.125. The minimum absolute atomic E-state index is 0.456. The van der Waals surface area contributed by atoms with E-state index < -0.39 is 18.0 Å². The Morgan fingerprint density at radius 3 is 2.30 bits per heavy atom. The Morgan fingerprint density at radius 1 is 1.15 bits per heavy atom. The molecule has 4 nitrogen and oxygen atoms in total. The molecule has 0 bridgehead atoms. The molecule has 1 unspecified atom stereocenters. The Bertz CT molecular complexity index is 475. The van der Waals surface area contributed by atoms with E-state index >= 15 is 0 Å². The molecular weight excluding hydrogens is 254 g/mol. The Morgan fingerprint density at radius 2 is 1.75 bits per heavy atom. The van der Waals surface area contributed by atoms with Crippen LogP contribution in [0.4, 0.5) is 0 Å². The van der Waals surface area contributed by atoms with Crippen molar-refractivity contribution in [1.82, 2.24) is 0 Å². The molecule has 108 valence electrons. The molecular formula is C16H21NO3. The topological polar surface area (TPSA) is 69.4 Å². The summed E-state index contributed by atoms with van der Waals surface area (Å²) in [6.07, 6.45) is 5.44. The van der Waals surface area contributed by atoms with Gasteiger partial charge in [0.15, 0.2) is 6.10 Å². The molecule has 1 amide bonds. The summed E-state index contributed by atoms with van der Waals surface area (Å²) < 4.78 is 4.97. The Balaban J connectivity index is 2.00. The standard InChI is InChI=1S/C16H21NO3/c1-11(15(17)18)20-16(19)14-9-7-13(8-10-14)12-5-3-2-4-6-12/h7-12H,2-6H2,1H3,(H2,17,18). The predicted molar refractivity (Wildman–Crippen MR) is 76.3 cm³/mol. The van der Waals surface area contributed by atoms with Gasteiger partial charge in [0.05, 0.1) is 5.56 Å². The van der Waals surface area contributed by atoms with Gasteiger partial charge in [-0.05, 0) is 43.4 Å². The lowest BCUT2D eigenvalue weighted by atomic mass is 9.84. The van der Waals surface area contributed by atoms with E-state index in [2.05, 4.69) is 0 Å². The monoisotopic (exact) mass is 275 g/mol. The van der Waals surface area contributed by atoms with Crippen LogP contribution in [0, 0.1) is 0 Å². The predicted octanol–water partition coefficient (Wildman–Crippen LogP) is 2.76. The van der Waals surface area contributed by atoms with E-state index in [1.54, 1.807) is 12.1 Å². The summed E-state index contributed by atoms with van der Waals surface area (Å²) >= 11 is 0. The van der Waals surface area contributed by atoms with E-state index in [9.17, 15) is 9.59 Å². The first-order chi connectivity index (χ1) is 9.58. The van der Waals surface area contributed by atoms with E-state index in [0.717, 1.165) is 0 Å². The molecule has 2 N–H and O–H groups in total. The molecule has 4 heteroatoms. The molecule has 1 aromatic rings. The van der Waals surface area contributed by atoms with Crippen LogP contribution in [0.2, 0.25) is 0 Å². The van der Waals surface area contributed by atoms with Crippen LogP contribution in [0.1, 0.15) is 60.9 Å². The highest BCUT2D eigenvalue weighted by Crippen LogP contribution is 2.32. The summed E-state index contributed by atoms with van der Waals surface area (Å²) in [5.74, 6) is -0.540. The highest BCUT2D eigenvalue weighted by molar-refractivity contribution is 5.91. The van der Waals surface area contributed by atoms with Crippen LogP contribution in [-0.2, 0) is 9.53 Å². The Labute approximate surface area is 119 Å². The SMILES string of the molecule is CC(OC(=O)c1ccc(C2CCCCC2)cc1)C(N)=O. The molecule has 1 aliphatic carbocycles. The molecule has 1 fully saturated rings. The van der Waals surface area contributed by atoms with Gasteiger partial charge in [-0.2, -0.15) is 0 Å². The van der Waals surface area contributed by atoms with Gasteiger partial charge in [-0.25, -0.2) is 4.79 Å². The quantitative estimate of drug-likeness (QED) is 0.859. The zero-order chi connectivity index (χ0) is 14.5. The third-order valence-electron chi connectivity index (χ3n) is 3.91. The Hall–Kier alpha value is -1.84. The molecule has 0 radical (unpaired) electrons. The number of ether oxygens (including phenoxy) is 1. The van der Waals surface area contributed by atoms with Crippen molar-refractivity contribution >= 4 is 11.9 Å². The van der Waals surface area contributed by atoms with E-state index in [1.165, 1.54) is 44.6 Å². The molecule has 1 atom stereocenters. The maximum absolute atomic E-state index is 11.8. The molecule has 0 aliphatic heterocycles. The largest absolute Gasteiger partial charge is 0.449 e. The second-order valence-electron chi connectivity index (χ2n) is 5.41. The van der Waals surface area contributed by atoms with Crippen molar-refractivity contribution in [2.24, 2.45) is 5.73 Å². The first-order valence-electron chi connectivity index (χ1n) is 7.18. The number of primary amides is 1. The summed E-state index contributed by atoms with van der Waals surface area (Å²) in [6, 6.07) is 7.50. The fourth-order valence-electron chi connectivity index (χ4n) is 2.61. The highest BCUT2D eigenvalue weighted by atomic mass is 16.5. The maximum atomic E-state index is 11.8. The number of amides is 1. The highest BCUT2D eigenvalue weighted by Gasteiger charge is 2.18. The number of carbonyl (C=O) groups is 2. The molecule has 1 aliphatic rings. The lowest BCUT2D eigenvalue weighted by Crippen LogP contribution is -2.30. The van der Waals surface area contributed by atoms with E-state index in [0.29, 0.717) is 11.5 Å². The maximum Gasteiger partial charge on any atom is 0.338 e. The van der Waals surface area contributed by atoms with Crippen LogP contribution in [0.15, 0.2) is 24.3 Å². The summed E-state index contributed by atoms with van der Waals surface area (Å²) in [7, 11) is 0. The van der Waals surface area contributed by atoms with Crippen molar-refractivity contribution in [1.29, 1.82) is 0 Å². The number of benzene rings is 1. The average molecular weight is 275 g/mol. The number of esters is 1. The smallest absolute Gasteiger partial charge is 0.338 e. The normalized spacial score (nSPS) is 17.4. The van der Waals surface area contributed by atoms with Crippen molar-refractivity contribution < 1.29 is 14.3 Å². The summed E-state index contributed by atoms with van der Waals surface area (Å²) in [5.41, 5.74) is 6.81. The number of rotatable bonds is 4. The minimum atomic E-state index is -0.902. The zero-order valence-electron chi connectivity index (χ0n) is 11.8. The first-order valence-corrected chi connectivity index (χ1v) is 7.18. The molecule has 0 saturated heterocycles. The van der Waals surface area contributed by atoms with Gasteiger partial charge in [-0.15, -0.1) is 0 Å². The molecule has 20 heavy (non-hydrogen) atoms. The van der Waals surface area contributed by atoms with Crippen molar-refractivity contribution in [2.75, 3.05) is 0 Å². The molecule has 1 saturated carbocycles. The zero-order valence-corrected chi connectivity index (χ0v) is 11.8. The first kappa shape index (κ1) is 14.6. The number of carbonyl (C=O) groups excluding carboxylic acids is 2. The molecule has 1 aromatic carbocycles. The number of nitrogens with two attached hydrogens (primary N) is 1. The van der Waals surface area contributed by atoms with Crippen LogP contribution in [0.25, 0.3) is 0 Å². The van der Waals surface area contributed by atoms with Gasteiger partial charge in [0.2, 0.25) is 0 Å². The molecule has 0 heterocycles. The van der Waals surface area contributed by atoms with Crippen LogP contribution < -0.4 is 5.73 Å². The van der Waals surface area contributed by atoms with Crippen LogP contribution in [-0.4, -0.2) is 18.0 Å². The molecule has 0 spiro atoms. The van der Waals surface area contributed by atoms with Crippen LogP contribution >= 0.6 is 0 Å². The number of hydrogen-bond acceptors (Lipinski definition) is 3. The summed E-state index contributed by atoms with van der Waals surface area (Å²) in [6.45, 7) is 1.47. The lowest BCUT2D eigenvalue weighted by Gasteiger charge is -2.22. The van der Waals surface area contributed by atoms with Gasteiger partial charge >= 0.3 is 5.97 Å². The fraction of sp³-hybridized carbons (Fsp3) is 0.500. The van der Waals surface area contributed by atoms with Gasteiger partial charge < -0.3 is 10.5 Å². The summed E-state index contributed by atoms with van der Waals surface area (Å²) in [4.78, 5) is 22.7. The molecule has 2 rings (SSSR count). The second-order valence-corrected chi connectivity index (χ2v) is 5.41. The van der Waals surface area contributed by atoms with Crippen molar-refractivity contribution in [3.05, 3.63) is 35.4 Å². The van der Waals surface area contributed by atoms with Crippen molar-refractivity contribution in [3.63, 3.8) is 0 Å². The fourth-order valence-corrected chi connectivity index (χ4v) is 2.61. The van der Waals surface area contributed by atoms with Gasteiger partial charge in [0.25, 0.3) is 5.91 Å². The molecule has 0 aromatic heterocycles. The van der Waals surface area contributed by atoms with E-state index in [4.69, 9.17) is 10.5 Å². The van der Waals surface area contributed by atoms with E-state index in [1.807, 2.05) is 12.1 Å². The Kier molecular flexibility index (Phi) is 4.77. The van der Waals surface area contributed by atoms with Gasteiger partial charge in [0, 0.05) is 0 Å². The average Bonchev–Trinajstić information content (AvgIpc) is 2.48. The van der Waals surface area contributed by atoms with Gasteiger partial charge in [-0.3, -0.25) is 4.79 Å². The number of hydrogen-bond donors (Lipinski definition) is 1. The van der Waals surface area contributed by atoms with Gasteiger partial charge in [0.1, 0.15) is 0 Å². The third-order valence-corrected chi connectivity index (χ3v) is 3.91. The van der Waals surface area contributed by atoms with E-state index in [-0.39, 0.29) is 0 Å². The van der Waals surface area contributed by atoms with Crippen LogP contribution in [0.3, 0.4) is 0 Å². The van der Waals surface area contributed by atoms with Crippen LogP contribution in [0.5, 0.6) is 0 Å². The minimum Gasteiger partial charge on any atom is -0.449 e. The van der Waals surface area contributed by atoms with Crippen molar-refractivity contribution in [2.45, 2.75) is 51.0 Å². The third kappa shape index (κ3) is 3.59. The second kappa shape index (κ2) is 6.55. The van der Waals surface area contributed by atoms with Crippen molar-refractivity contribution in [3.8, 4) is 0 Å². The summed E-state index contributed by atoms with van der Waals surface area (Å²) in [5, 5.41) is 0.